The summed E-state index contributed by atoms with van der Waals surface area (Å²) in [6.07, 6.45) is 1.60. The van der Waals surface area contributed by atoms with E-state index >= 15 is 0 Å². The van der Waals surface area contributed by atoms with E-state index in [1.165, 1.54) is 7.11 Å². The molecule has 0 spiro atoms. The summed E-state index contributed by atoms with van der Waals surface area (Å²) in [6.45, 7) is -0.695. The van der Waals surface area contributed by atoms with Crippen molar-refractivity contribution in [2.75, 3.05) is 13.7 Å². The molecule has 0 bridgehead atoms. The molecule has 1 heterocycles. The number of methoxy groups -OCH3 is 1. The summed E-state index contributed by atoms with van der Waals surface area (Å²) in [5.74, 6) is -1.98. The summed E-state index contributed by atoms with van der Waals surface area (Å²) in [4.78, 5) is 37.2. The third kappa shape index (κ3) is 3.25. The Hall–Kier alpha value is -2.93. The largest absolute Gasteiger partial charge is 0.496 e. The molecule has 2 amide bonds. The SMILES string of the molecule is COc1ccc(Br)cc1C=C1C(=O)N(CC(=O)O)C(=O)c2ccccc21. The molecule has 0 aromatic heterocycles. The number of carbonyl (C=O) groups excluding carboxylic acids is 2. The summed E-state index contributed by atoms with van der Waals surface area (Å²) in [6, 6.07) is 12.0. The molecule has 3 rings (SSSR count). The summed E-state index contributed by atoms with van der Waals surface area (Å²) in [7, 11) is 1.52. The Morgan fingerprint density at radius 1 is 1.15 bits per heavy atom. The number of rotatable bonds is 4. The number of hydrogen-bond donors (Lipinski definition) is 1. The van der Waals surface area contributed by atoms with Crippen LogP contribution >= 0.6 is 15.9 Å². The maximum Gasteiger partial charge on any atom is 0.323 e. The third-order valence-electron chi connectivity index (χ3n) is 3.95. The highest BCUT2D eigenvalue weighted by atomic mass is 79.9. The predicted octanol–water partition coefficient (Wildman–Crippen LogP) is 3.07. The molecule has 1 N–H and O–H groups in total. The second-order valence-electron chi connectivity index (χ2n) is 5.58. The van der Waals surface area contributed by atoms with Crippen molar-refractivity contribution in [2.24, 2.45) is 0 Å². The van der Waals surface area contributed by atoms with E-state index in [4.69, 9.17) is 9.84 Å². The molecule has 1 aliphatic rings. The van der Waals surface area contributed by atoms with E-state index in [-0.39, 0.29) is 11.1 Å². The minimum atomic E-state index is -1.26. The summed E-state index contributed by atoms with van der Waals surface area (Å²) in [5.41, 5.74) is 1.61. The van der Waals surface area contributed by atoms with E-state index in [1.807, 2.05) is 0 Å². The second-order valence-corrected chi connectivity index (χ2v) is 6.50. The van der Waals surface area contributed by atoms with Gasteiger partial charge in [0.1, 0.15) is 12.3 Å². The Morgan fingerprint density at radius 3 is 2.50 bits per heavy atom. The quantitative estimate of drug-likeness (QED) is 0.612. The lowest BCUT2D eigenvalue weighted by atomic mass is 9.92. The number of nitrogens with zero attached hydrogens (tertiary/aromatic N) is 1. The van der Waals surface area contributed by atoms with Crippen molar-refractivity contribution in [3.63, 3.8) is 0 Å². The number of aliphatic carboxylic acids is 1. The van der Waals surface area contributed by atoms with Gasteiger partial charge in [-0.3, -0.25) is 19.3 Å². The lowest BCUT2D eigenvalue weighted by molar-refractivity contribution is -0.141. The first-order valence-corrected chi connectivity index (χ1v) is 8.44. The number of imide groups is 1. The fraction of sp³-hybridized carbons (Fsp3) is 0.105. The Labute approximate surface area is 157 Å². The van der Waals surface area contributed by atoms with Crippen LogP contribution in [-0.2, 0) is 9.59 Å². The maximum absolute atomic E-state index is 12.8. The van der Waals surface area contributed by atoms with Crippen molar-refractivity contribution < 1.29 is 24.2 Å². The van der Waals surface area contributed by atoms with Gasteiger partial charge >= 0.3 is 5.97 Å². The van der Waals surface area contributed by atoms with Crippen molar-refractivity contribution in [1.29, 1.82) is 0 Å². The van der Waals surface area contributed by atoms with E-state index < -0.39 is 24.3 Å². The second kappa shape index (κ2) is 7.13. The molecule has 2 aromatic rings. The van der Waals surface area contributed by atoms with Crippen LogP contribution in [0, 0.1) is 0 Å². The van der Waals surface area contributed by atoms with Crippen molar-refractivity contribution in [3.8, 4) is 5.75 Å². The number of carboxylic acids is 1. The molecule has 0 saturated carbocycles. The van der Waals surface area contributed by atoms with Crippen LogP contribution in [0.5, 0.6) is 5.75 Å². The van der Waals surface area contributed by atoms with E-state index in [0.29, 0.717) is 16.9 Å². The highest BCUT2D eigenvalue weighted by Crippen LogP contribution is 2.33. The molecule has 0 atom stereocenters. The molecular formula is C19H14BrNO5. The number of carboxylic acid groups (broad SMARTS) is 1. The van der Waals surface area contributed by atoms with Gasteiger partial charge in [-0.2, -0.15) is 0 Å². The van der Waals surface area contributed by atoms with Crippen molar-refractivity contribution in [1.82, 2.24) is 4.90 Å². The lowest BCUT2D eigenvalue weighted by Gasteiger charge is -2.27. The number of halogens is 1. The highest BCUT2D eigenvalue weighted by molar-refractivity contribution is 9.10. The van der Waals surface area contributed by atoms with Crippen molar-refractivity contribution in [2.45, 2.75) is 0 Å². The van der Waals surface area contributed by atoms with Crippen molar-refractivity contribution >= 4 is 45.4 Å². The Morgan fingerprint density at radius 2 is 1.85 bits per heavy atom. The Balaban J connectivity index is 2.20. The van der Waals surface area contributed by atoms with Gasteiger partial charge in [0, 0.05) is 21.2 Å². The molecule has 0 saturated heterocycles. The van der Waals surface area contributed by atoms with Crippen LogP contribution in [0.15, 0.2) is 46.9 Å². The average molecular weight is 416 g/mol. The molecular weight excluding hydrogens is 402 g/mol. The van der Waals surface area contributed by atoms with Gasteiger partial charge in [0.25, 0.3) is 11.8 Å². The number of benzene rings is 2. The highest BCUT2D eigenvalue weighted by Gasteiger charge is 2.35. The molecule has 0 aliphatic carbocycles. The van der Waals surface area contributed by atoms with Gasteiger partial charge in [-0.25, -0.2) is 0 Å². The number of hydrogen-bond acceptors (Lipinski definition) is 4. The topological polar surface area (TPSA) is 83.9 Å². The van der Waals surface area contributed by atoms with Gasteiger partial charge in [-0.05, 0) is 35.9 Å². The van der Waals surface area contributed by atoms with Gasteiger partial charge in [0.05, 0.1) is 7.11 Å². The zero-order valence-corrected chi connectivity index (χ0v) is 15.3. The van der Waals surface area contributed by atoms with Crippen LogP contribution in [0.1, 0.15) is 21.5 Å². The number of ether oxygens (including phenoxy) is 1. The molecule has 26 heavy (non-hydrogen) atoms. The van der Waals surface area contributed by atoms with Crippen LogP contribution in [0.25, 0.3) is 11.6 Å². The van der Waals surface area contributed by atoms with Crippen LogP contribution in [0.2, 0.25) is 0 Å². The molecule has 2 aromatic carbocycles. The number of carbonyl (C=O) groups is 3. The monoisotopic (exact) mass is 415 g/mol. The first-order chi connectivity index (χ1) is 12.4. The zero-order valence-electron chi connectivity index (χ0n) is 13.7. The van der Waals surface area contributed by atoms with Gasteiger partial charge < -0.3 is 9.84 Å². The smallest absolute Gasteiger partial charge is 0.323 e. The molecule has 0 radical (unpaired) electrons. The average Bonchev–Trinajstić information content (AvgIpc) is 2.62. The summed E-state index contributed by atoms with van der Waals surface area (Å²) in [5, 5.41) is 9.05. The van der Waals surface area contributed by atoms with Gasteiger partial charge in [0.15, 0.2) is 0 Å². The molecule has 1 aliphatic heterocycles. The van der Waals surface area contributed by atoms with Gasteiger partial charge in [0.2, 0.25) is 0 Å². The minimum Gasteiger partial charge on any atom is -0.496 e. The third-order valence-corrected chi connectivity index (χ3v) is 4.45. The zero-order chi connectivity index (χ0) is 18.8. The van der Waals surface area contributed by atoms with Crippen LogP contribution in [0.3, 0.4) is 0 Å². The first-order valence-electron chi connectivity index (χ1n) is 7.65. The molecule has 6 nitrogen and oxygen atoms in total. The standard InChI is InChI=1S/C19H14BrNO5/c1-26-16-7-6-12(20)8-11(16)9-15-13-4-2-3-5-14(13)18(24)21(19(15)25)10-17(22)23/h2-9H,10H2,1H3,(H,22,23). The normalized spacial score (nSPS) is 15.2. The van der Waals surface area contributed by atoms with Crippen LogP contribution in [0.4, 0.5) is 0 Å². The maximum atomic E-state index is 12.8. The Kier molecular flexibility index (Phi) is 4.90. The lowest BCUT2D eigenvalue weighted by Crippen LogP contribution is -2.44. The van der Waals surface area contributed by atoms with E-state index in [9.17, 15) is 14.4 Å². The minimum absolute atomic E-state index is 0.234. The van der Waals surface area contributed by atoms with Crippen LogP contribution in [-0.4, -0.2) is 41.4 Å². The Bertz CT molecular complexity index is 951. The fourth-order valence-electron chi connectivity index (χ4n) is 2.79. The van der Waals surface area contributed by atoms with Crippen molar-refractivity contribution in [3.05, 3.63) is 63.6 Å². The molecule has 0 fully saturated rings. The van der Waals surface area contributed by atoms with E-state index in [1.54, 1.807) is 48.5 Å². The first kappa shape index (κ1) is 17.9. The van der Waals surface area contributed by atoms with E-state index in [0.717, 1.165) is 9.37 Å². The predicted molar refractivity (Wildman–Crippen MR) is 98.7 cm³/mol. The van der Waals surface area contributed by atoms with Crippen LogP contribution < -0.4 is 4.74 Å². The van der Waals surface area contributed by atoms with E-state index in [2.05, 4.69) is 15.9 Å². The molecule has 132 valence electrons. The number of amides is 2. The molecule has 0 unspecified atom stereocenters. The fourth-order valence-corrected chi connectivity index (χ4v) is 3.17. The summed E-state index contributed by atoms with van der Waals surface area (Å²) < 4.78 is 6.12. The number of fused-ring (bicyclic) bond motifs is 1. The van der Waals surface area contributed by atoms with Gasteiger partial charge in [-0.15, -0.1) is 0 Å². The summed E-state index contributed by atoms with van der Waals surface area (Å²) >= 11 is 3.38. The molecule has 7 heteroatoms. The van der Waals surface area contributed by atoms with Gasteiger partial charge in [-0.1, -0.05) is 34.1 Å².